The van der Waals surface area contributed by atoms with Crippen molar-refractivity contribution in [3.8, 4) is 11.5 Å². The van der Waals surface area contributed by atoms with Crippen molar-refractivity contribution in [2.45, 2.75) is 12.5 Å². The number of nitrogens with zero attached hydrogens (tertiary/aromatic N) is 1. The smallest absolute Gasteiger partial charge is 0.416 e. The highest BCUT2D eigenvalue weighted by molar-refractivity contribution is 9.10. The summed E-state index contributed by atoms with van der Waals surface area (Å²) in [6, 6.07) is 20.5. The number of benzene rings is 3. The maximum atomic E-state index is 13.4. The first-order chi connectivity index (χ1) is 18.5. The van der Waals surface area contributed by atoms with Crippen LogP contribution in [0.3, 0.4) is 0 Å². The van der Waals surface area contributed by atoms with E-state index in [4.69, 9.17) is 30.5 Å². The van der Waals surface area contributed by atoms with Crippen LogP contribution in [0.2, 0.25) is 5.02 Å². The van der Waals surface area contributed by atoms with Gasteiger partial charge in [-0.3, -0.25) is 4.90 Å². The summed E-state index contributed by atoms with van der Waals surface area (Å²) in [5.41, 5.74) is 4.05. The zero-order valence-corrected chi connectivity index (χ0v) is 23.3. The number of fused-ring (bicyclic) bond motifs is 3. The summed E-state index contributed by atoms with van der Waals surface area (Å²) in [4.78, 5) is 18.8. The third-order valence-electron chi connectivity index (χ3n) is 6.47. The number of rotatable bonds is 9. The largest absolute Gasteiger partial charge is 0.491 e. The lowest BCUT2D eigenvalue weighted by Crippen LogP contribution is -2.42. The maximum absolute atomic E-state index is 13.4. The number of aromatic nitrogens is 1. The molecule has 7 nitrogen and oxygen atoms in total. The molecule has 4 aromatic rings. The van der Waals surface area contributed by atoms with E-state index in [1.54, 1.807) is 24.1 Å². The molecular weight excluding hydrogens is 572 g/mol. The van der Waals surface area contributed by atoms with Gasteiger partial charge in [-0.1, -0.05) is 39.7 Å². The second-order valence-electron chi connectivity index (χ2n) is 8.90. The number of hydrogen-bond acceptors (Lipinski definition) is 5. The standard InChI is InChI=1S/C29H28BrClN2O5/c1-35-14-15-36-16-17-37-22-7-2-19(3-8-22)28-27-24(25-18-21(31)6-11-26(25)32-27)12-13-33(28)29(34)38-23-9-4-20(30)5-10-23/h2-11,18,28,32H,12-17H2,1H3. The summed E-state index contributed by atoms with van der Waals surface area (Å²) in [6.45, 7) is 2.50. The van der Waals surface area contributed by atoms with Gasteiger partial charge in [-0.05, 0) is 72.1 Å². The predicted octanol–water partition coefficient (Wildman–Crippen LogP) is 6.77. The molecule has 9 heteroatoms. The Morgan fingerprint density at radius 2 is 1.74 bits per heavy atom. The van der Waals surface area contributed by atoms with Gasteiger partial charge in [0.05, 0.1) is 19.8 Å². The molecule has 1 aliphatic rings. The molecule has 1 aliphatic heterocycles. The molecule has 1 N–H and O–H groups in total. The zero-order chi connectivity index (χ0) is 26.5. The van der Waals surface area contributed by atoms with Gasteiger partial charge in [0.1, 0.15) is 24.1 Å². The van der Waals surface area contributed by atoms with Crippen molar-refractivity contribution in [2.75, 3.05) is 40.1 Å². The fourth-order valence-corrected chi connectivity index (χ4v) is 5.11. The Balaban J connectivity index is 1.41. The van der Waals surface area contributed by atoms with E-state index in [0.717, 1.165) is 37.9 Å². The van der Waals surface area contributed by atoms with Gasteiger partial charge in [-0.2, -0.15) is 0 Å². The second kappa shape index (κ2) is 12.2. The quantitative estimate of drug-likeness (QED) is 0.215. The molecule has 38 heavy (non-hydrogen) atoms. The molecule has 1 amide bonds. The monoisotopic (exact) mass is 598 g/mol. The number of ether oxygens (including phenoxy) is 4. The Morgan fingerprint density at radius 1 is 1.00 bits per heavy atom. The molecule has 5 rings (SSSR count). The van der Waals surface area contributed by atoms with Gasteiger partial charge in [0.2, 0.25) is 0 Å². The fourth-order valence-electron chi connectivity index (χ4n) is 4.68. The van der Waals surface area contributed by atoms with Crippen LogP contribution in [0.4, 0.5) is 4.79 Å². The van der Waals surface area contributed by atoms with Gasteiger partial charge in [-0.15, -0.1) is 0 Å². The number of halogens is 2. The number of hydrogen-bond donors (Lipinski definition) is 1. The predicted molar refractivity (Wildman–Crippen MR) is 150 cm³/mol. The molecule has 2 heterocycles. The van der Waals surface area contributed by atoms with Crippen molar-refractivity contribution in [1.29, 1.82) is 0 Å². The molecule has 198 valence electrons. The number of H-pyrrole nitrogens is 1. The number of amides is 1. The van der Waals surface area contributed by atoms with Crippen molar-refractivity contribution in [1.82, 2.24) is 9.88 Å². The third-order valence-corrected chi connectivity index (χ3v) is 7.23. The van der Waals surface area contributed by atoms with Crippen LogP contribution in [0.1, 0.15) is 22.9 Å². The van der Waals surface area contributed by atoms with E-state index in [-0.39, 0.29) is 6.04 Å². The SMILES string of the molecule is COCCOCCOc1ccc(C2c3[nH]c4ccc(Cl)cc4c3CCN2C(=O)Oc2ccc(Br)cc2)cc1. The number of carbonyl (C=O) groups excluding carboxylic acids is 1. The molecule has 0 radical (unpaired) electrons. The van der Waals surface area contributed by atoms with Crippen LogP contribution in [0.5, 0.6) is 11.5 Å². The van der Waals surface area contributed by atoms with Gasteiger partial charge in [0, 0.05) is 39.7 Å². The highest BCUT2D eigenvalue weighted by atomic mass is 79.9. The van der Waals surface area contributed by atoms with Crippen LogP contribution in [0, 0.1) is 0 Å². The van der Waals surface area contributed by atoms with Gasteiger partial charge in [0.15, 0.2) is 0 Å². The highest BCUT2D eigenvalue weighted by Gasteiger charge is 2.35. The zero-order valence-electron chi connectivity index (χ0n) is 20.9. The summed E-state index contributed by atoms with van der Waals surface area (Å²) in [5, 5.41) is 1.76. The molecule has 0 bridgehead atoms. The third kappa shape index (κ3) is 5.99. The summed E-state index contributed by atoms with van der Waals surface area (Å²) in [6.07, 6.45) is 0.277. The van der Waals surface area contributed by atoms with Crippen LogP contribution in [-0.2, 0) is 15.9 Å². The van der Waals surface area contributed by atoms with Gasteiger partial charge in [-0.25, -0.2) is 4.79 Å². The molecule has 1 aromatic heterocycles. The van der Waals surface area contributed by atoms with Crippen LogP contribution in [-0.4, -0.2) is 56.1 Å². The Bertz CT molecular complexity index is 1390. The van der Waals surface area contributed by atoms with Crippen molar-refractivity contribution >= 4 is 44.5 Å². The summed E-state index contributed by atoms with van der Waals surface area (Å²) < 4.78 is 22.9. The average molecular weight is 600 g/mol. The molecule has 3 aromatic carbocycles. The topological polar surface area (TPSA) is 73.0 Å². The molecule has 1 unspecified atom stereocenters. The Labute approximate surface area is 234 Å². The van der Waals surface area contributed by atoms with Crippen LogP contribution in [0.15, 0.2) is 71.2 Å². The lowest BCUT2D eigenvalue weighted by molar-refractivity contribution is 0.0544. The van der Waals surface area contributed by atoms with Crippen molar-refractivity contribution in [3.05, 3.63) is 93.0 Å². The summed E-state index contributed by atoms with van der Waals surface area (Å²) in [5.74, 6) is 1.22. The normalized spacial score (nSPS) is 14.9. The lowest BCUT2D eigenvalue weighted by Gasteiger charge is -2.35. The van der Waals surface area contributed by atoms with E-state index < -0.39 is 6.09 Å². The summed E-state index contributed by atoms with van der Waals surface area (Å²) >= 11 is 9.73. The molecule has 0 spiro atoms. The molecular formula is C29H28BrClN2O5. The van der Waals surface area contributed by atoms with Gasteiger partial charge < -0.3 is 23.9 Å². The van der Waals surface area contributed by atoms with Gasteiger partial charge in [0.25, 0.3) is 0 Å². The minimum Gasteiger partial charge on any atom is -0.491 e. The van der Waals surface area contributed by atoms with E-state index in [0.29, 0.717) is 50.2 Å². The second-order valence-corrected chi connectivity index (χ2v) is 10.2. The maximum Gasteiger partial charge on any atom is 0.416 e. The highest BCUT2D eigenvalue weighted by Crippen LogP contribution is 2.40. The van der Waals surface area contributed by atoms with E-state index >= 15 is 0 Å². The van der Waals surface area contributed by atoms with Crippen molar-refractivity contribution in [3.63, 3.8) is 0 Å². The molecule has 1 atom stereocenters. The number of methoxy groups -OCH3 is 1. The van der Waals surface area contributed by atoms with Crippen molar-refractivity contribution in [2.24, 2.45) is 0 Å². The Hall–Kier alpha value is -3.04. The first kappa shape index (κ1) is 26.6. The fraction of sp³-hybridized carbons (Fsp3) is 0.276. The van der Waals surface area contributed by atoms with E-state index in [1.807, 2.05) is 54.6 Å². The number of nitrogens with one attached hydrogen (secondary N) is 1. The van der Waals surface area contributed by atoms with Crippen LogP contribution < -0.4 is 9.47 Å². The van der Waals surface area contributed by atoms with Gasteiger partial charge >= 0.3 is 6.09 Å². The van der Waals surface area contributed by atoms with Crippen LogP contribution >= 0.6 is 27.5 Å². The van der Waals surface area contributed by atoms with Crippen molar-refractivity contribution < 1.29 is 23.7 Å². The minimum atomic E-state index is -0.409. The Kier molecular flexibility index (Phi) is 8.54. The lowest BCUT2D eigenvalue weighted by atomic mass is 9.92. The number of aromatic amines is 1. The first-order valence-corrected chi connectivity index (χ1v) is 13.5. The van der Waals surface area contributed by atoms with Crippen LogP contribution in [0.25, 0.3) is 10.9 Å². The van der Waals surface area contributed by atoms with E-state index in [2.05, 4.69) is 20.9 Å². The first-order valence-electron chi connectivity index (χ1n) is 12.4. The average Bonchev–Trinajstić information content (AvgIpc) is 3.29. The van der Waals surface area contributed by atoms with E-state index in [9.17, 15) is 4.79 Å². The molecule has 0 fully saturated rings. The molecule has 0 saturated carbocycles. The molecule has 0 aliphatic carbocycles. The minimum absolute atomic E-state index is 0.362. The number of carbonyl (C=O) groups is 1. The molecule has 0 saturated heterocycles. The summed E-state index contributed by atoms with van der Waals surface area (Å²) in [7, 11) is 1.64. The van der Waals surface area contributed by atoms with E-state index in [1.165, 1.54) is 0 Å². The Morgan fingerprint density at radius 3 is 2.50 bits per heavy atom.